The average Bonchev–Trinajstić information content (AvgIpc) is 2.39. The fourth-order valence-corrected chi connectivity index (χ4v) is 2.32. The number of nitrogens with one attached hydrogen (secondary N) is 1. The number of nitro benzene ring substituents is 1. The quantitative estimate of drug-likeness (QED) is 0.667. The second-order valence-electron chi connectivity index (χ2n) is 4.66. The highest BCUT2D eigenvalue weighted by molar-refractivity contribution is 6.33. The van der Waals surface area contributed by atoms with Gasteiger partial charge in [0.25, 0.3) is 5.69 Å². The van der Waals surface area contributed by atoms with Crippen molar-refractivity contribution in [2.75, 3.05) is 5.32 Å². The van der Waals surface area contributed by atoms with E-state index in [4.69, 9.17) is 11.6 Å². The third-order valence-electron chi connectivity index (χ3n) is 3.21. The van der Waals surface area contributed by atoms with Crippen molar-refractivity contribution in [1.82, 2.24) is 0 Å². The number of hydrogen-bond acceptors (Lipinski definition) is 3. The summed E-state index contributed by atoms with van der Waals surface area (Å²) in [4.78, 5) is 10.5. The number of hydrogen-bond donors (Lipinski definition) is 1. The van der Waals surface area contributed by atoms with Crippen molar-refractivity contribution in [1.29, 1.82) is 0 Å². The number of rotatable bonds is 4. The summed E-state index contributed by atoms with van der Waals surface area (Å²) in [5, 5.41) is 14.8. The lowest BCUT2D eigenvalue weighted by atomic mass is 10.1. The molecule has 0 radical (unpaired) electrons. The number of benzene rings is 2. The fraction of sp³-hybridized carbons (Fsp3) is 0.200. The van der Waals surface area contributed by atoms with Gasteiger partial charge in [-0.2, -0.15) is 0 Å². The number of nitrogens with zero attached hydrogens (tertiary/aromatic N) is 1. The second kappa shape index (κ2) is 5.92. The van der Waals surface area contributed by atoms with Crippen LogP contribution in [0.1, 0.15) is 16.7 Å². The number of halogens is 1. The minimum Gasteiger partial charge on any atom is -0.380 e. The lowest BCUT2D eigenvalue weighted by molar-refractivity contribution is -0.385. The van der Waals surface area contributed by atoms with Gasteiger partial charge in [-0.3, -0.25) is 10.1 Å². The molecular weight excluding hydrogens is 276 g/mol. The minimum absolute atomic E-state index is 0.138. The van der Waals surface area contributed by atoms with Crippen LogP contribution in [-0.2, 0) is 6.54 Å². The molecule has 0 atom stereocenters. The van der Waals surface area contributed by atoms with Crippen LogP contribution >= 0.6 is 11.6 Å². The molecule has 0 heterocycles. The molecule has 104 valence electrons. The molecule has 0 fully saturated rings. The van der Waals surface area contributed by atoms with Gasteiger partial charge < -0.3 is 5.32 Å². The van der Waals surface area contributed by atoms with E-state index in [1.807, 2.05) is 31.2 Å². The topological polar surface area (TPSA) is 55.2 Å². The molecular formula is C15H15ClN2O2. The summed E-state index contributed by atoms with van der Waals surface area (Å²) < 4.78 is 0. The van der Waals surface area contributed by atoms with Gasteiger partial charge in [0.1, 0.15) is 0 Å². The molecule has 5 heteroatoms. The Morgan fingerprint density at radius 3 is 2.65 bits per heavy atom. The van der Waals surface area contributed by atoms with Gasteiger partial charge in [-0.15, -0.1) is 0 Å². The Kier molecular flexibility index (Phi) is 4.25. The van der Waals surface area contributed by atoms with Gasteiger partial charge in [0.05, 0.1) is 15.6 Å². The molecule has 2 rings (SSSR count). The summed E-state index contributed by atoms with van der Waals surface area (Å²) in [7, 11) is 0. The first-order valence-electron chi connectivity index (χ1n) is 6.22. The van der Waals surface area contributed by atoms with E-state index in [9.17, 15) is 10.1 Å². The van der Waals surface area contributed by atoms with Crippen molar-refractivity contribution in [3.8, 4) is 0 Å². The Labute approximate surface area is 122 Å². The Morgan fingerprint density at radius 1 is 1.25 bits per heavy atom. The van der Waals surface area contributed by atoms with Crippen LogP contribution in [0.5, 0.6) is 0 Å². The van der Waals surface area contributed by atoms with Crippen LogP contribution in [0.3, 0.4) is 0 Å². The summed E-state index contributed by atoms with van der Waals surface area (Å²) in [6.45, 7) is 4.22. The normalized spacial score (nSPS) is 10.3. The molecule has 0 aliphatic rings. The summed E-state index contributed by atoms with van der Waals surface area (Å²) in [6, 6.07) is 10.8. The Hall–Kier alpha value is -2.07. The average molecular weight is 291 g/mol. The van der Waals surface area contributed by atoms with Crippen LogP contribution < -0.4 is 5.32 Å². The number of aryl methyl sites for hydroxylation is 1. The van der Waals surface area contributed by atoms with Crippen LogP contribution in [0.4, 0.5) is 11.4 Å². The van der Waals surface area contributed by atoms with E-state index in [1.54, 1.807) is 13.0 Å². The zero-order valence-electron chi connectivity index (χ0n) is 11.3. The van der Waals surface area contributed by atoms with Gasteiger partial charge in [-0.05, 0) is 37.1 Å². The third-order valence-corrected chi connectivity index (χ3v) is 3.52. The smallest absolute Gasteiger partial charge is 0.272 e. The highest BCUT2D eigenvalue weighted by Gasteiger charge is 2.13. The monoisotopic (exact) mass is 290 g/mol. The van der Waals surface area contributed by atoms with Gasteiger partial charge in [0, 0.05) is 18.2 Å². The maximum absolute atomic E-state index is 10.9. The summed E-state index contributed by atoms with van der Waals surface area (Å²) in [5.41, 5.74) is 3.61. The molecule has 0 saturated heterocycles. The van der Waals surface area contributed by atoms with Crippen molar-refractivity contribution in [2.45, 2.75) is 20.4 Å². The van der Waals surface area contributed by atoms with Crippen molar-refractivity contribution in [2.24, 2.45) is 0 Å². The van der Waals surface area contributed by atoms with Crippen molar-refractivity contribution >= 4 is 23.0 Å². The first-order chi connectivity index (χ1) is 9.49. The lowest BCUT2D eigenvalue weighted by Gasteiger charge is -2.11. The molecule has 20 heavy (non-hydrogen) atoms. The highest BCUT2D eigenvalue weighted by atomic mass is 35.5. The zero-order chi connectivity index (χ0) is 14.7. The van der Waals surface area contributed by atoms with Crippen LogP contribution in [0.15, 0.2) is 36.4 Å². The Bertz CT molecular complexity index is 656. The first kappa shape index (κ1) is 14.3. The molecule has 4 nitrogen and oxygen atoms in total. The molecule has 0 unspecified atom stereocenters. The van der Waals surface area contributed by atoms with E-state index in [-0.39, 0.29) is 10.6 Å². The lowest BCUT2D eigenvalue weighted by Crippen LogP contribution is -2.03. The summed E-state index contributed by atoms with van der Waals surface area (Å²) in [5.74, 6) is 0. The van der Waals surface area contributed by atoms with Gasteiger partial charge >= 0.3 is 0 Å². The first-order valence-corrected chi connectivity index (χ1v) is 6.59. The Morgan fingerprint density at radius 2 is 2.00 bits per heavy atom. The molecule has 1 N–H and O–H groups in total. The maximum atomic E-state index is 10.9. The van der Waals surface area contributed by atoms with E-state index in [0.29, 0.717) is 17.1 Å². The molecule has 0 saturated carbocycles. The van der Waals surface area contributed by atoms with Gasteiger partial charge in [-0.1, -0.05) is 29.8 Å². The van der Waals surface area contributed by atoms with Crippen LogP contribution in [0, 0.1) is 24.0 Å². The zero-order valence-corrected chi connectivity index (χ0v) is 12.1. The molecule has 0 aromatic heterocycles. The SMILES string of the molecule is Cc1ccc(NCc2cccc([N+](=O)[O-])c2C)c(Cl)c1. The van der Waals surface area contributed by atoms with Crippen LogP contribution in [0.25, 0.3) is 0 Å². The molecule has 0 aliphatic carbocycles. The third kappa shape index (κ3) is 3.08. The minimum atomic E-state index is -0.363. The molecule has 2 aromatic rings. The van der Waals surface area contributed by atoms with Gasteiger partial charge in [0.15, 0.2) is 0 Å². The van der Waals surface area contributed by atoms with E-state index in [0.717, 1.165) is 16.8 Å². The van der Waals surface area contributed by atoms with Crippen molar-refractivity contribution in [3.05, 3.63) is 68.2 Å². The largest absolute Gasteiger partial charge is 0.380 e. The summed E-state index contributed by atoms with van der Waals surface area (Å²) >= 11 is 6.15. The number of anilines is 1. The second-order valence-corrected chi connectivity index (χ2v) is 5.06. The molecule has 0 amide bonds. The summed E-state index contributed by atoms with van der Waals surface area (Å²) in [6.07, 6.45) is 0. The Balaban J connectivity index is 2.19. The predicted molar refractivity (Wildman–Crippen MR) is 81.3 cm³/mol. The van der Waals surface area contributed by atoms with E-state index in [1.165, 1.54) is 6.07 Å². The van der Waals surface area contributed by atoms with Crippen molar-refractivity contribution < 1.29 is 4.92 Å². The van der Waals surface area contributed by atoms with Crippen molar-refractivity contribution in [3.63, 3.8) is 0 Å². The van der Waals surface area contributed by atoms with E-state index in [2.05, 4.69) is 5.32 Å². The maximum Gasteiger partial charge on any atom is 0.272 e. The fourth-order valence-electron chi connectivity index (χ4n) is 2.01. The highest BCUT2D eigenvalue weighted by Crippen LogP contribution is 2.25. The number of nitro groups is 1. The van der Waals surface area contributed by atoms with E-state index < -0.39 is 0 Å². The van der Waals surface area contributed by atoms with Gasteiger partial charge in [0.2, 0.25) is 0 Å². The van der Waals surface area contributed by atoms with Crippen LogP contribution in [-0.4, -0.2) is 4.92 Å². The van der Waals surface area contributed by atoms with Gasteiger partial charge in [-0.25, -0.2) is 0 Å². The van der Waals surface area contributed by atoms with E-state index >= 15 is 0 Å². The van der Waals surface area contributed by atoms with Crippen LogP contribution in [0.2, 0.25) is 5.02 Å². The molecule has 0 aliphatic heterocycles. The molecule has 2 aromatic carbocycles. The molecule has 0 bridgehead atoms. The standard InChI is InChI=1S/C15H15ClN2O2/c1-10-6-7-14(13(16)8-10)17-9-12-4-3-5-15(11(12)2)18(19)20/h3-8,17H,9H2,1-2H3. The molecule has 0 spiro atoms. The predicted octanol–water partition coefficient (Wildman–Crippen LogP) is 4.48.